The summed E-state index contributed by atoms with van der Waals surface area (Å²) < 4.78 is 5.81. The van der Waals surface area contributed by atoms with Crippen LogP contribution in [0.2, 0.25) is 0 Å². The number of aromatic nitrogens is 2. The number of hydrogen-bond donors (Lipinski definition) is 2. The highest BCUT2D eigenvalue weighted by Gasteiger charge is 2.20. The molecule has 0 saturated heterocycles. The molecule has 1 amide bonds. The van der Waals surface area contributed by atoms with Crippen molar-refractivity contribution in [2.45, 2.75) is 19.6 Å². The van der Waals surface area contributed by atoms with Crippen molar-refractivity contribution < 1.29 is 19.2 Å². The maximum atomic E-state index is 12.4. The monoisotopic (exact) mass is 412 g/mol. The number of aromatic amines is 1. The molecular weight excluding hydrogens is 396 g/mol. The second-order valence-electron chi connectivity index (χ2n) is 6.31. The molecule has 0 radical (unpaired) electrons. The lowest BCUT2D eigenvalue weighted by Crippen LogP contribution is -2.35. The molecule has 0 bridgehead atoms. The van der Waals surface area contributed by atoms with Crippen molar-refractivity contribution in [1.82, 2.24) is 9.78 Å². The van der Waals surface area contributed by atoms with E-state index in [-0.39, 0.29) is 22.1 Å². The lowest BCUT2D eigenvalue weighted by molar-refractivity contribution is -0.384. The van der Waals surface area contributed by atoms with Gasteiger partial charge < -0.3 is 10.1 Å². The molecule has 0 aliphatic rings. The van der Waals surface area contributed by atoms with E-state index >= 15 is 0 Å². The molecule has 0 saturated carbocycles. The van der Waals surface area contributed by atoms with Crippen LogP contribution in [0, 0.1) is 10.1 Å². The van der Waals surface area contributed by atoms with Crippen LogP contribution >= 0.6 is 0 Å². The number of nitro benzene ring substituents is 1. The van der Waals surface area contributed by atoms with Crippen molar-refractivity contribution in [2.75, 3.05) is 5.32 Å². The van der Waals surface area contributed by atoms with Crippen molar-refractivity contribution in [1.29, 1.82) is 0 Å². The number of fused-ring (bicyclic) bond motifs is 1. The minimum atomic E-state index is -1.25. The zero-order valence-electron chi connectivity index (χ0n) is 15.7. The van der Waals surface area contributed by atoms with Gasteiger partial charge in [0.25, 0.3) is 22.7 Å². The van der Waals surface area contributed by atoms with Crippen LogP contribution in [-0.4, -0.2) is 32.7 Å². The highest BCUT2D eigenvalue weighted by molar-refractivity contribution is 5.95. The fraction of sp³-hybridized carbons (Fsp3) is 0.158. The third-order valence-corrected chi connectivity index (χ3v) is 4.17. The van der Waals surface area contributed by atoms with Crippen LogP contribution in [0.5, 0.6) is 0 Å². The fourth-order valence-corrected chi connectivity index (χ4v) is 2.72. The number of carbonyl (C=O) groups is 2. The molecule has 1 heterocycles. The Labute approximate surface area is 168 Å². The van der Waals surface area contributed by atoms with Crippen LogP contribution < -0.4 is 16.4 Å². The summed E-state index contributed by atoms with van der Waals surface area (Å²) in [6, 6.07) is 11.4. The van der Waals surface area contributed by atoms with Gasteiger partial charge in [-0.15, -0.1) is 0 Å². The van der Waals surface area contributed by atoms with Gasteiger partial charge in [-0.2, -0.15) is 0 Å². The summed E-state index contributed by atoms with van der Waals surface area (Å²) in [6.45, 7) is 0.698. The van der Waals surface area contributed by atoms with Crippen molar-refractivity contribution >= 4 is 34.0 Å². The molecule has 1 atom stereocenters. The lowest BCUT2D eigenvalue weighted by Gasteiger charge is -2.14. The number of benzene rings is 2. The third-order valence-electron chi connectivity index (χ3n) is 4.17. The summed E-state index contributed by atoms with van der Waals surface area (Å²) in [7, 11) is 0. The smallest absolute Gasteiger partial charge is 0.328 e. The average molecular weight is 412 g/mol. The van der Waals surface area contributed by atoms with Gasteiger partial charge in [0.1, 0.15) is 6.54 Å². The molecule has 154 valence electrons. The van der Waals surface area contributed by atoms with E-state index < -0.39 is 40.6 Å². The molecule has 0 aliphatic carbocycles. The van der Waals surface area contributed by atoms with Crippen LogP contribution in [0.25, 0.3) is 10.8 Å². The summed E-state index contributed by atoms with van der Waals surface area (Å²) in [4.78, 5) is 59.0. The van der Waals surface area contributed by atoms with Crippen LogP contribution in [-0.2, 0) is 20.9 Å². The van der Waals surface area contributed by atoms with E-state index in [1.165, 1.54) is 37.3 Å². The molecule has 0 fully saturated rings. The molecule has 11 heteroatoms. The predicted octanol–water partition coefficient (Wildman–Crippen LogP) is 1.17. The summed E-state index contributed by atoms with van der Waals surface area (Å²) in [5.74, 6) is -1.65. The van der Waals surface area contributed by atoms with E-state index in [1.54, 1.807) is 12.1 Å². The summed E-state index contributed by atoms with van der Waals surface area (Å²) in [5.41, 5.74) is -1.19. The fourth-order valence-electron chi connectivity index (χ4n) is 2.72. The molecule has 2 N–H and O–H groups in total. The highest BCUT2D eigenvalue weighted by atomic mass is 16.6. The van der Waals surface area contributed by atoms with Gasteiger partial charge in [-0.25, -0.2) is 4.68 Å². The van der Waals surface area contributed by atoms with Crippen molar-refractivity contribution in [3.05, 3.63) is 79.4 Å². The standard InChI is InChI=1S/C19H16N4O7/c1-11(17(25)20-12-5-4-6-13(9-12)23(28)29)30-16(24)10-22-19(27)15-8-3-2-7-14(15)18(26)21-22/h2-9,11H,10H2,1H3,(H,20,25)(H,21,26). The Morgan fingerprint density at radius 1 is 1.17 bits per heavy atom. The number of nitrogens with one attached hydrogen (secondary N) is 2. The van der Waals surface area contributed by atoms with E-state index in [9.17, 15) is 29.3 Å². The molecule has 0 spiro atoms. The topological polar surface area (TPSA) is 153 Å². The Morgan fingerprint density at radius 3 is 2.57 bits per heavy atom. The number of ether oxygens (including phenoxy) is 1. The first-order chi connectivity index (χ1) is 14.3. The van der Waals surface area contributed by atoms with Gasteiger partial charge in [0, 0.05) is 17.8 Å². The minimum absolute atomic E-state index is 0.144. The second-order valence-corrected chi connectivity index (χ2v) is 6.31. The lowest BCUT2D eigenvalue weighted by atomic mass is 10.2. The number of esters is 1. The number of non-ortho nitro benzene ring substituents is 1. The Bertz CT molecular complexity index is 1260. The van der Waals surface area contributed by atoms with Crippen LogP contribution in [0.15, 0.2) is 58.1 Å². The number of hydrogen-bond acceptors (Lipinski definition) is 7. The second kappa shape index (κ2) is 8.39. The Balaban J connectivity index is 1.68. The van der Waals surface area contributed by atoms with Gasteiger partial charge in [-0.3, -0.25) is 34.4 Å². The zero-order chi connectivity index (χ0) is 21.8. The van der Waals surface area contributed by atoms with Gasteiger partial charge in [-0.1, -0.05) is 18.2 Å². The van der Waals surface area contributed by atoms with Crippen LogP contribution in [0.3, 0.4) is 0 Å². The van der Waals surface area contributed by atoms with Gasteiger partial charge in [0.2, 0.25) is 0 Å². The van der Waals surface area contributed by atoms with Gasteiger partial charge in [0.15, 0.2) is 6.10 Å². The molecule has 2 aromatic carbocycles. The Kier molecular flexibility index (Phi) is 5.72. The van der Waals surface area contributed by atoms with Crippen LogP contribution in [0.4, 0.5) is 11.4 Å². The average Bonchev–Trinajstić information content (AvgIpc) is 2.72. The minimum Gasteiger partial charge on any atom is -0.451 e. The first kappa shape index (κ1) is 20.5. The van der Waals surface area contributed by atoms with E-state index in [1.807, 2.05) is 0 Å². The van der Waals surface area contributed by atoms with Gasteiger partial charge >= 0.3 is 5.97 Å². The van der Waals surface area contributed by atoms with E-state index in [0.29, 0.717) is 0 Å². The zero-order valence-corrected chi connectivity index (χ0v) is 15.7. The molecule has 30 heavy (non-hydrogen) atoms. The normalized spacial score (nSPS) is 11.6. The maximum Gasteiger partial charge on any atom is 0.328 e. The molecule has 1 aromatic heterocycles. The van der Waals surface area contributed by atoms with Crippen LogP contribution in [0.1, 0.15) is 6.92 Å². The SMILES string of the molecule is CC(OC(=O)Cn1[nH]c(=O)c2ccccc2c1=O)C(=O)Nc1cccc([N+](=O)[O-])c1. The Morgan fingerprint density at radius 2 is 1.87 bits per heavy atom. The number of nitro groups is 1. The molecule has 11 nitrogen and oxygen atoms in total. The van der Waals surface area contributed by atoms with Crippen molar-refractivity contribution in [2.24, 2.45) is 0 Å². The molecular formula is C19H16N4O7. The maximum absolute atomic E-state index is 12.4. The quantitative estimate of drug-likeness (QED) is 0.350. The van der Waals surface area contributed by atoms with Crippen molar-refractivity contribution in [3.63, 3.8) is 0 Å². The molecule has 3 aromatic rings. The number of rotatable bonds is 6. The summed E-state index contributed by atoms with van der Waals surface area (Å²) in [6.07, 6.45) is -1.25. The third kappa shape index (κ3) is 4.41. The number of nitrogens with zero attached hydrogens (tertiary/aromatic N) is 2. The predicted molar refractivity (Wildman–Crippen MR) is 106 cm³/mol. The number of H-pyrrole nitrogens is 1. The number of carbonyl (C=O) groups excluding carboxylic acids is 2. The summed E-state index contributed by atoms with van der Waals surface area (Å²) >= 11 is 0. The Hall–Kier alpha value is -4.28. The number of amides is 1. The molecule has 1 unspecified atom stereocenters. The largest absolute Gasteiger partial charge is 0.451 e. The van der Waals surface area contributed by atoms with Gasteiger partial charge in [0.05, 0.1) is 15.7 Å². The first-order valence-electron chi connectivity index (χ1n) is 8.73. The van der Waals surface area contributed by atoms with Crippen molar-refractivity contribution in [3.8, 4) is 0 Å². The van der Waals surface area contributed by atoms with E-state index in [0.717, 1.165) is 10.7 Å². The van der Waals surface area contributed by atoms with E-state index in [4.69, 9.17) is 4.74 Å². The summed E-state index contributed by atoms with van der Waals surface area (Å²) in [5, 5.41) is 15.8. The van der Waals surface area contributed by atoms with Gasteiger partial charge in [-0.05, 0) is 25.1 Å². The van der Waals surface area contributed by atoms with E-state index in [2.05, 4.69) is 10.4 Å². The highest BCUT2D eigenvalue weighted by Crippen LogP contribution is 2.17. The molecule has 3 rings (SSSR count). The molecule has 0 aliphatic heterocycles. The first-order valence-corrected chi connectivity index (χ1v) is 8.73. The number of anilines is 1.